The molecule has 0 spiro atoms. The topological polar surface area (TPSA) is 55.4 Å². The molecule has 4 fully saturated rings. The fourth-order valence-electron chi connectivity index (χ4n) is 6.88. The standard InChI is InChI=1S/C18H27BO3.C17H25BO3/c1-3-14-12-21-19(22-13-14)17-8-4-15(5-9-17)16-6-10-18(20-2)11-7-16;1-13-11-20-18(21-12-13)16-7-3-14(4-8-16)15-5-9-17(19-2)10-6-15/h4-5,8-9,14,16,18H,3,6-7,10-13H2,1-2H3;3-4,7-8,13,15,17H,5-6,9-12H2,1-2H3. The van der Waals surface area contributed by atoms with Crippen molar-refractivity contribution < 1.29 is 28.1 Å². The van der Waals surface area contributed by atoms with Crippen molar-refractivity contribution in [1.82, 2.24) is 0 Å². The summed E-state index contributed by atoms with van der Waals surface area (Å²) in [5.74, 6) is 2.40. The lowest BCUT2D eigenvalue weighted by Gasteiger charge is -2.29. The summed E-state index contributed by atoms with van der Waals surface area (Å²) in [5.41, 5.74) is 5.16. The molecule has 0 unspecified atom stereocenters. The Morgan fingerprint density at radius 3 is 1.30 bits per heavy atom. The van der Waals surface area contributed by atoms with E-state index in [4.69, 9.17) is 28.1 Å². The number of methoxy groups -OCH3 is 2. The predicted molar refractivity (Wildman–Crippen MR) is 174 cm³/mol. The van der Waals surface area contributed by atoms with Gasteiger partial charge in [0.15, 0.2) is 0 Å². The van der Waals surface area contributed by atoms with Gasteiger partial charge in [0.25, 0.3) is 0 Å². The van der Waals surface area contributed by atoms with Gasteiger partial charge in [-0.25, -0.2) is 0 Å². The maximum absolute atomic E-state index is 5.84. The van der Waals surface area contributed by atoms with Crippen LogP contribution in [-0.4, -0.2) is 67.1 Å². The minimum atomic E-state index is -0.181. The molecule has 2 aromatic rings. The van der Waals surface area contributed by atoms with Crippen molar-refractivity contribution in [2.75, 3.05) is 40.6 Å². The van der Waals surface area contributed by atoms with E-state index in [-0.39, 0.29) is 14.2 Å². The Bertz CT molecular complexity index is 1010. The van der Waals surface area contributed by atoms with E-state index in [0.717, 1.165) is 43.8 Å². The predicted octanol–water partition coefficient (Wildman–Crippen LogP) is 5.86. The summed E-state index contributed by atoms with van der Waals surface area (Å²) in [6.07, 6.45) is 11.7. The lowest BCUT2D eigenvalue weighted by atomic mass is 9.75. The molecule has 6 nitrogen and oxygen atoms in total. The quantitative estimate of drug-likeness (QED) is 0.377. The zero-order chi connectivity index (χ0) is 30.0. The normalized spacial score (nSPS) is 27.4. The molecule has 6 rings (SSSR count). The Hall–Kier alpha value is -1.67. The second-order valence-electron chi connectivity index (χ2n) is 13.1. The third-order valence-electron chi connectivity index (χ3n) is 9.98. The Morgan fingerprint density at radius 1 is 0.581 bits per heavy atom. The molecule has 2 aliphatic heterocycles. The van der Waals surface area contributed by atoms with Crippen molar-refractivity contribution in [3.05, 3.63) is 59.7 Å². The molecule has 0 aromatic heterocycles. The summed E-state index contributed by atoms with van der Waals surface area (Å²) in [7, 11) is 3.29. The van der Waals surface area contributed by atoms with Gasteiger partial charge in [-0.15, -0.1) is 0 Å². The van der Waals surface area contributed by atoms with E-state index in [1.54, 1.807) is 0 Å². The number of hydrogen-bond donors (Lipinski definition) is 0. The zero-order valence-corrected chi connectivity index (χ0v) is 26.9. The first-order valence-corrected chi connectivity index (χ1v) is 16.8. The largest absolute Gasteiger partial charge is 0.493 e. The van der Waals surface area contributed by atoms with Crippen LogP contribution in [0.15, 0.2) is 48.5 Å². The first-order chi connectivity index (χ1) is 21.1. The van der Waals surface area contributed by atoms with Crippen LogP contribution in [0, 0.1) is 11.8 Å². The third-order valence-corrected chi connectivity index (χ3v) is 9.98. The summed E-state index contributed by atoms with van der Waals surface area (Å²) >= 11 is 0. The Labute approximate surface area is 260 Å². The van der Waals surface area contributed by atoms with Crippen LogP contribution >= 0.6 is 0 Å². The highest BCUT2D eigenvalue weighted by atomic mass is 16.6. The van der Waals surface area contributed by atoms with Crippen molar-refractivity contribution in [3.8, 4) is 0 Å². The molecule has 0 radical (unpaired) electrons. The van der Waals surface area contributed by atoms with Gasteiger partial charge in [0.1, 0.15) is 0 Å². The van der Waals surface area contributed by atoms with Crippen molar-refractivity contribution in [3.63, 3.8) is 0 Å². The molecule has 2 saturated heterocycles. The summed E-state index contributed by atoms with van der Waals surface area (Å²) in [6, 6.07) is 17.7. The van der Waals surface area contributed by atoms with Crippen molar-refractivity contribution in [2.45, 2.75) is 95.7 Å². The Balaban J connectivity index is 0.000000171. The van der Waals surface area contributed by atoms with Crippen molar-refractivity contribution in [2.24, 2.45) is 11.8 Å². The minimum absolute atomic E-state index is 0.180. The van der Waals surface area contributed by atoms with Gasteiger partial charge in [0.2, 0.25) is 0 Å². The fourth-order valence-corrected chi connectivity index (χ4v) is 6.88. The van der Waals surface area contributed by atoms with E-state index in [2.05, 4.69) is 62.4 Å². The van der Waals surface area contributed by atoms with Crippen LogP contribution < -0.4 is 10.9 Å². The summed E-state index contributed by atoms with van der Waals surface area (Å²) < 4.78 is 34.1. The summed E-state index contributed by atoms with van der Waals surface area (Å²) in [6.45, 7) is 7.52. The molecule has 0 N–H and O–H groups in total. The molecule has 2 aromatic carbocycles. The van der Waals surface area contributed by atoms with Crippen LogP contribution in [0.3, 0.4) is 0 Å². The third kappa shape index (κ3) is 9.18. The van der Waals surface area contributed by atoms with E-state index in [9.17, 15) is 0 Å². The Morgan fingerprint density at radius 2 is 0.953 bits per heavy atom. The maximum atomic E-state index is 5.84. The summed E-state index contributed by atoms with van der Waals surface area (Å²) in [5, 5.41) is 0. The Kier molecular flexibility index (Phi) is 12.6. The molecule has 0 bridgehead atoms. The van der Waals surface area contributed by atoms with Gasteiger partial charge < -0.3 is 28.1 Å². The van der Waals surface area contributed by atoms with Gasteiger partial charge in [0.05, 0.1) is 12.2 Å². The first-order valence-electron chi connectivity index (χ1n) is 16.8. The van der Waals surface area contributed by atoms with E-state index in [1.807, 2.05) is 14.2 Å². The average molecular weight is 590 g/mol. The van der Waals surface area contributed by atoms with Crippen LogP contribution in [0.5, 0.6) is 0 Å². The molecule has 2 saturated carbocycles. The van der Waals surface area contributed by atoms with Crippen LogP contribution in [0.1, 0.15) is 94.6 Å². The van der Waals surface area contributed by atoms with Gasteiger partial charge in [-0.05, 0) is 97.6 Å². The van der Waals surface area contributed by atoms with Crippen molar-refractivity contribution >= 4 is 25.2 Å². The molecule has 234 valence electrons. The van der Waals surface area contributed by atoms with Gasteiger partial charge in [0, 0.05) is 46.6 Å². The number of benzene rings is 2. The molecular weight excluding hydrogens is 538 g/mol. The van der Waals surface area contributed by atoms with Crippen LogP contribution in [-0.2, 0) is 28.1 Å². The highest BCUT2D eigenvalue weighted by Gasteiger charge is 2.30. The van der Waals surface area contributed by atoms with Crippen LogP contribution in [0.4, 0.5) is 0 Å². The average Bonchev–Trinajstić information content (AvgIpc) is 3.09. The lowest BCUT2D eigenvalue weighted by Crippen LogP contribution is -2.44. The molecule has 0 amide bonds. The van der Waals surface area contributed by atoms with Gasteiger partial charge in [-0.1, -0.05) is 62.4 Å². The SMILES string of the molecule is CCC1COB(c2ccc(C3CCC(OC)CC3)cc2)OC1.COC1CCC(c2ccc(B3OCC(C)CO3)cc2)CC1. The van der Waals surface area contributed by atoms with Crippen molar-refractivity contribution in [1.29, 1.82) is 0 Å². The molecule has 8 heteroatoms. The van der Waals surface area contributed by atoms with Crippen LogP contribution in [0.25, 0.3) is 0 Å². The van der Waals surface area contributed by atoms with E-state index >= 15 is 0 Å². The second kappa shape index (κ2) is 16.6. The fraction of sp³-hybridized carbons (Fsp3) is 0.657. The molecule has 4 aliphatic rings. The molecular formula is C35H52B2O6. The highest BCUT2D eigenvalue weighted by Crippen LogP contribution is 2.34. The summed E-state index contributed by atoms with van der Waals surface area (Å²) in [4.78, 5) is 0. The van der Waals surface area contributed by atoms with Gasteiger partial charge in [-0.2, -0.15) is 0 Å². The van der Waals surface area contributed by atoms with E-state index in [0.29, 0.717) is 35.9 Å². The van der Waals surface area contributed by atoms with Gasteiger partial charge in [-0.3, -0.25) is 0 Å². The second-order valence-corrected chi connectivity index (χ2v) is 13.1. The molecule has 2 aliphatic carbocycles. The number of hydrogen-bond acceptors (Lipinski definition) is 6. The first kappa shape index (κ1) is 32.7. The zero-order valence-electron chi connectivity index (χ0n) is 26.9. The van der Waals surface area contributed by atoms with Gasteiger partial charge >= 0.3 is 14.2 Å². The highest BCUT2D eigenvalue weighted by molar-refractivity contribution is 6.61. The minimum Gasteiger partial charge on any atom is -0.407 e. The number of ether oxygens (including phenoxy) is 2. The molecule has 0 atom stereocenters. The van der Waals surface area contributed by atoms with E-state index < -0.39 is 0 Å². The lowest BCUT2D eigenvalue weighted by molar-refractivity contribution is 0.0658. The van der Waals surface area contributed by atoms with E-state index in [1.165, 1.54) is 62.5 Å². The molecule has 43 heavy (non-hydrogen) atoms. The van der Waals surface area contributed by atoms with Crippen LogP contribution in [0.2, 0.25) is 0 Å². The monoisotopic (exact) mass is 590 g/mol. The molecule has 2 heterocycles. The smallest absolute Gasteiger partial charge is 0.407 e. The maximum Gasteiger partial charge on any atom is 0.493 e. The number of rotatable bonds is 7.